The molecule has 8 N–H and O–H groups in total. The molecule has 0 aliphatic carbocycles. The number of carbonyl (C=O) groups is 1. The Morgan fingerprint density at radius 1 is 1.17 bits per heavy atom. The van der Waals surface area contributed by atoms with Crippen LogP contribution in [-0.4, -0.2) is 24.5 Å². The first-order valence-corrected chi connectivity index (χ1v) is 4.10. The molecule has 0 aliphatic heterocycles. The molecule has 0 unspecified atom stereocenters. The standard InChI is InChI=1S/C7H18N4O/c8-4-2-1-3-5(9)6(12)7(10)11/h5,7H,1-4,8-11H2/t5-/m1/s1. The minimum Gasteiger partial charge on any atom is -0.330 e. The van der Waals surface area contributed by atoms with Gasteiger partial charge in [-0.25, -0.2) is 0 Å². The van der Waals surface area contributed by atoms with E-state index >= 15 is 0 Å². The van der Waals surface area contributed by atoms with Crippen LogP contribution in [0.4, 0.5) is 0 Å². The van der Waals surface area contributed by atoms with Crippen LogP contribution < -0.4 is 22.9 Å². The summed E-state index contributed by atoms with van der Waals surface area (Å²) in [7, 11) is 0. The van der Waals surface area contributed by atoms with Crippen LogP contribution in [0.5, 0.6) is 0 Å². The molecular weight excluding hydrogens is 156 g/mol. The highest BCUT2D eigenvalue weighted by Crippen LogP contribution is 1.98. The molecule has 5 nitrogen and oxygen atoms in total. The fraction of sp³-hybridized carbons (Fsp3) is 0.857. The lowest BCUT2D eigenvalue weighted by atomic mass is 10.1. The fourth-order valence-electron chi connectivity index (χ4n) is 0.898. The van der Waals surface area contributed by atoms with Crippen molar-refractivity contribution in [3.8, 4) is 0 Å². The molecule has 0 saturated carbocycles. The number of carbonyl (C=O) groups excluding carboxylic acids is 1. The van der Waals surface area contributed by atoms with Crippen LogP contribution in [0.3, 0.4) is 0 Å². The Kier molecular flexibility index (Phi) is 5.83. The summed E-state index contributed by atoms with van der Waals surface area (Å²) in [5, 5.41) is 0. The van der Waals surface area contributed by atoms with Gasteiger partial charge in [-0.05, 0) is 19.4 Å². The van der Waals surface area contributed by atoms with Crippen LogP contribution in [-0.2, 0) is 4.79 Å². The summed E-state index contributed by atoms with van der Waals surface area (Å²) in [4.78, 5) is 11.0. The van der Waals surface area contributed by atoms with Gasteiger partial charge in [0.1, 0.15) is 6.17 Å². The molecule has 0 aliphatic rings. The van der Waals surface area contributed by atoms with Crippen LogP contribution in [0.2, 0.25) is 0 Å². The van der Waals surface area contributed by atoms with Gasteiger partial charge in [-0.1, -0.05) is 6.42 Å². The average molecular weight is 174 g/mol. The lowest BCUT2D eigenvalue weighted by Gasteiger charge is -2.11. The predicted octanol–water partition coefficient (Wildman–Crippen LogP) is -1.74. The maximum absolute atomic E-state index is 11.0. The second-order valence-electron chi connectivity index (χ2n) is 2.82. The van der Waals surface area contributed by atoms with E-state index in [1.54, 1.807) is 0 Å². The summed E-state index contributed by atoms with van der Waals surface area (Å²) in [6, 6.07) is -0.531. The molecule has 0 aromatic rings. The number of hydrogen-bond donors (Lipinski definition) is 4. The Hall–Kier alpha value is -0.490. The van der Waals surface area contributed by atoms with Crippen molar-refractivity contribution < 1.29 is 4.79 Å². The number of nitrogens with two attached hydrogens (primary N) is 4. The van der Waals surface area contributed by atoms with Crippen LogP contribution in [0.25, 0.3) is 0 Å². The van der Waals surface area contributed by atoms with E-state index in [0.29, 0.717) is 13.0 Å². The van der Waals surface area contributed by atoms with Crippen molar-refractivity contribution in [3.05, 3.63) is 0 Å². The highest BCUT2D eigenvalue weighted by molar-refractivity contribution is 5.87. The summed E-state index contributed by atoms with van der Waals surface area (Å²) >= 11 is 0. The second-order valence-corrected chi connectivity index (χ2v) is 2.82. The van der Waals surface area contributed by atoms with Crippen molar-refractivity contribution in [1.29, 1.82) is 0 Å². The Balaban J connectivity index is 3.57. The third-order valence-electron chi connectivity index (χ3n) is 1.66. The zero-order chi connectivity index (χ0) is 9.56. The lowest BCUT2D eigenvalue weighted by Crippen LogP contribution is -2.48. The number of rotatable bonds is 6. The Bertz CT molecular complexity index is 137. The Morgan fingerprint density at radius 2 is 1.75 bits per heavy atom. The maximum Gasteiger partial charge on any atom is 0.180 e. The molecule has 0 radical (unpaired) electrons. The smallest absolute Gasteiger partial charge is 0.180 e. The molecule has 12 heavy (non-hydrogen) atoms. The van der Waals surface area contributed by atoms with E-state index in [1.165, 1.54) is 0 Å². The largest absolute Gasteiger partial charge is 0.330 e. The van der Waals surface area contributed by atoms with Crippen molar-refractivity contribution in [2.24, 2.45) is 22.9 Å². The third-order valence-corrected chi connectivity index (χ3v) is 1.66. The normalized spacial score (nSPS) is 13.4. The molecule has 0 saturated heterocycles. The average Bonchev–Trinajstić information content (AvgIpc) is 2.03. The van der Waals surface area contributed by atoms with Gasteiger partial charge in [-0.15, -0.1) is 0 Å². The molecule has 0 aromatic heterocycles. The van der Waals surface area contributed by atoms with Gasteiger partial charge in [0.15, 0.2) is 5.78 Å². The fourth-order valence-corrected chi connectivity index (χ4v) is 0.898. The summed E-state index contributed by atoms with van der Waals surface area (Å²) in [6.45, 7) is 0.621. The highest BCUT2D eigenvalue weighted by Gasteiger charge is 2.16. The van der Waals surface area contributed by atoms with Gasteiger partial charge in [0.25, 0.3) is 0 Å². The predicted molar refractivity (Wildman–Crippen MR) is 48.1 cm³/mol. The van der Waals surface area contributed by atoms with Gasteiger partial charge in [-0.2, -0.15) is 0 Å². The van der Waals surface area contributed by atoms with E-state index in [9.17, 15) is 4.79 Å². The molecule has 5 heteroatoms. The quantitative estimate of drug-likeness (QED) is 0.281. The summed E-state index contributed by atoms with van der Waals surface area (Å²) < 4.78 is 0. The first-order valence-electron chi connectivity index (χ1n) is 4.10. The van der Waals surface area contributed by atoms with Gasteiger partial charge in [0.05, 0.1) is 6.04 Å². The van der Waals surface area contributed by atoms with E-state index in [-0.39, 0.29) is 5.78 Å². The molecular formula is C7H18N4O. The monoisotopic (exact) mass is 174 g/mol. The molecule has 0 aromatic carbocycles. The SMILES string of the molecule is NCCCC[C@@H](N)C(=O)C(N)N. The minimum atomic E-state index is -0.946. The Labute approximate surface area is 72.4 Å². The van der Waals surface area contributed by atoms with Crippen LogP contribution >= 0.6 is 0 Å². The third kappa shape index (κ3) is 4.40. The van der Waals surface area contributed by atoms with Gasteiger partial charge in [-0.3, -0.25) is 4.79 Å². The molecule has 0 amide bonds. The molecule has 0 heterocycles. The van der Waals surface area contributed by atoms with Gasteiger partial charge in [0.2, 0.25) is 0 Å². The number of Topliss-reactive ketones (excluding diaryl/α,β-unsaturated/α-hetero) is 1. The number of ketones is 1. The van der Waals surface area contributed by atoms with Crippen LogP contribution in [0, 0.1) is 0 Å². The summed E-state index contributed by atoms with van der Waals surface area (Å²) in [5.41, 5.74) is 21.1. The minimum absolute atomic E-state index is 0.285. The Morgan fingerprint density at radius 3 is 2.17 bits per heavy atom. The van der Waals surface area contributed by atoms with E-state index in [2.05, 4.69) is 0 Å². The van der Waals surface area contributed by atoms with Crippen molar-refractivity contribution >= 4 is 5.78 Å². The molecule has 72 valence electrons. The van der Waals surface area contributed by atoms with E-state index in [0.717, 1.165) is 12.8 Å². The molecule has 0 rings (SSSR count). The van der Waals surface area contributed by atoms with Crippen LogP contribution in [0.15, 0.2) is 0 Å². The van der Waals surface area contributed by atoms with Crippen molar-refractivity contribution in [2.75, 3.05) is 6.54 Å². The maximum atomic E-state index is 11.0. The summed E-state index contributed by atoms with van der Waals surface area (Å²) in [5.74, 6) is -0.285. The van der Waals surface area contributed by atoms with E-state index in [4.69, 9.17) is 22.9 Å². The number of unbranched alkanes of at least 4 members (excludes halogenated alkanes) is 1. The molecule has 0 bridgehead atoms. The first kappa shape index (κ1) is 11.5. The zero-order valence-electron chi connectivity index (χ0n) is 7.20. The van der Waals surface area contributed by atoms with Crippen LogP contribution in [0.1, 0.15) is 19.3 Å². The van der Waals surface area contributed by atoms with Crippen molar-refractivity contribution in [2.45, 2.75) is 31.5 Å². The second kappa shape index (κ2) is 6.07. The van der Waals surface area contributed by atoms with E-state index < -0.39 is 12.2 Å². The molecule has 0 spiro atoms. The summed E-state index contributed by atoms with van der Waals surface area (Å²) in [6.07, 6.45) is 1.38. The van der Waals surface area contributed by atoms with Gasteiger partial charge in [0, 0.05) is 0 Å². The first-order chi connectivity index (χ1) is 5.59. The molecule has 0 fully saturated rings. The highest BCUT2D eigenvalue weighted by atomic mass is 16.1. The van der Waals surface area contributed by atoms with Crippen molar-refractivity contribution in [1.82, 2.24) is 0 Å². The van der Waals surface area contributed by atoms with Crippen molar-refractivity contribution in [3.63, 3.8) is 0 Å². The van der Waals surface area contributed by atoms with E-state index in [1.807, 2.05) is 0 Å². The molecule has 1 atom stereocenters. The topological polar surface area (TPSA) is 121 Å². The number of hydrogen-bond acceptors (Lipinski definition) is 5. The van der Waals surface area contributed by atoms with Gasteiger partial charge < -0.3 is 22.9 Å². The zero-order valence-corrected chi connectivity index (χ0v) is 7.20. The van der Waals surface area contributed by atoms with Gasteiger partial charge >= 0.3 is 0 Å². The lowest BCUT2D eigenvalue weighted by molar-refractivity contribution is -0.121.